The van der Waals surface area contributed by atoms with Crippen molar-refractivity contribution < 1.29 is 22.8 Å². The Kier molecular flexibility index (Phi) is 5.19. The molecule has 1 aliphatic rings. The number of hydrogen-bond donors (Lipinski definition) is 1. The smallest absolute Gasteiger partial charge is 0.352 e. The molecule has 1 aliphatic heterocycles. The number of likely N-dealkylation sites (tertiary alicyclic amines) is 1. The first kappa shape index (κ1) is 16.5. The number of carbonyl (C=O) groups excluding carboxylic acids is 2. The number of carbonyl (C=O) groups is 2. The van der Waals surface area contributed by atoms with Crippen molar-refractivity contribution in [3.63, 3.8) is 0 Å². The molecule has 7 heteroatoms. The molecular formula is C13H19F3N2O2. The molecule has 0 bridgehead atoms. The number of hydrogen-bond acceptors (Lipinski definition) is 2. The fraction of sp³-hybridized carbons (Fsp3) is 0.692. The van der Waals surface area contributed by atoms with Gasteiger partial charge in [0.25, 0.3) is 0 Å². The molecule has 1 saturated heterocycles. The molecule has 0 aliphatic carbocycles. The number of nitrogens with zero attached hydrogens (tertiary/aromatic N) is 1. The van der Waals surface area contributed by atoms with E-state index in [4.69, 9.17) is 0 Å². The minimum absolute atomic E-state index is 0.119. The summed E-state index contributed by atoms with van der Waals surface area (Å²) in [7, 11) is 0. The molecule has 2 amide bonds. The summed E-state index contributed by atoms with van der Waals surface area (Å²) in [6.07, 6.45) is -3.25. The number of amides is 2. The van der Waals surface area contributed by atoms with E-state index in [9.17, 15) is 22.8 Å². The van der Waals surface area contributed by atoms with E-state index in [0.29, 0.717) is 5.57 Å². The van der Waals surface area contributed by atoms with E-state index < -0.39 is 24.2 Å². The highest BCUT2D eigenvalue weighted by molar-refractivity contribution is 5.88. The maximum Gasteiger partial charge on any atom is 0.408 e. The molecule has 0 aromatic carbocycles. The molecule has 0 radical (unpaired) electrons. The van der Waals surface area contributed by atoms with Crippen molar-refractivity contribution in [2.75, 3.05) is 6.54 Å². The lowest BCUT2D eigenvalue weighted by atomic mass is 9.97. The van der Waals surface area contributed by atoms with E-state index in [1.54, 1.807) is 13.8 Å². The van der Waals surface area contributed by atoms with E-state index in [1.807, 2.05) is 0 Å². The van der Waals surface area contributed by atoms with Crippen LogP contribution in [0.15, 0.2) is 11.6 Å². The first-order chi connectivity index (χ1) is 9.11. The molecule has 0 unspecified atom stereocenters. The van der Waals surface area contributed by atoms with Crippen LogP contribution in [0, 0.1) is 0 Å². The number of allylic oxidation sites excluding steroid dienone is 1. The van der Waals surface area contributed by atoms with Crippen molar-refractivity contribution in [3.05, 3.63) is 11.6 Å². The third-order valence-corrected chi connectivity index (χ3v) is 3.06. The third-order valence-electron chi connectivity index (χ3n) is 3.06. The van der Waals surface area contributed by atoms with Crippen LogP contribution in [0.2, 0.25) is 0 Å². The number of rotatable bonds is 2. The normalized spacial score (nSPS) is 23.2. The minimum Gasteiger partial charge on any atom is -0.352 e. The minimum atomic E-state index is -4.45. The van der Waals surface area contributed by atoms with Gasteiger partial charge in [0.05, 0.1) is 0 Å². The van der Waals surface area contributed by atoms with Crippen molar-refractivity contribution in [1.82, 2.24) is 10.2 Å². The summed E-state index contributed by atoms with van der Waals surface area (Å²) in [6, 6.07) is -2.21. The molecule has 0 aromatic rings. The number of piperidine rings is 1. The molecule has 2 atom stereocenters. The van der Waals surface area contributed by atoms with Gasteiger partial charge < -0.3 is 10.2 Å². The average Bonchev–Trinajstić information content (AvgIpc) is 2.25. The number of halogens is 3. The van der Waals surface area contributed by atoms with Crippen molar-refractivity contribution in [3.8, 4) is 0 Å². The highest BCUT2D eigenvalue weighted by atomic mass is 19.4. The largest absolute Gasteiger partial charge is 0.408 e. The van der Waals surface area contributed by atoms with Gasteiger partial charge >= 0.3 is 6.18 Å². The standard InChI is InChI=1S/C13H19F3N2O2/c1-8(2)6-12(20)18-7-10(17-9(3)19)4-5-11(18)13(14,15)16/h6,10-11H,4-5,7H2,1-3H3,(H,17,19)/t10-,11+/m0/s1. The predicted octanol–water partition coefficient (Wildman–Crippen LogP) is 2.01. The lowest BCUT2D eigenvalue weighted by molar-refractivity contribution is -0.195. The molecule has 4 nitrogen and oxygen atoms in total. The van der Waals surface area contributed by atoms with Crippen LogP contribution in [-0.2, 0) is 9.59 Å². The zero-order chi connectivity index (χ0) is 15.5. The molecule has 1 N–H and O–H groups in total. The molecule has 1 heterocycles. The van der Waals surface area contributed by atoms with Crippen LogP contribution < -0.4 is 5.32 Å². The Labute approximate surface area is 116 Å². The Morgan fingerprint density at radius 2 is 1.80 bits per heavy atom. The zero-order valence-corrected chi connectivity index (χ0v) is 11.8. The molecule has 0 spiro atoms. The van der Waals surface area contributed by atoms with E-state index in [2.05, 4.69) is 5.32 Å². The number of nitrogens with one attached hydrogen (secondary N) is 1. The second-order valence-electron chi connectivity index (χ2n) is 5.24. The van der Waals surface area contributed by atoms with Gasteiger partial charge in [0, 0.05) is 25.6 Å². The van der Waals surface area contributed by atoms with Gasteiger partial charge in [-0.3, -0.25) is 9.59 Å². The first-order valence-electron chi connectivity index (χ1n) is 6.40. The van der Waals surface area contributed by atoms with E-state index in [0.717, 1.165) is 4.90 Å². The molecule has 1 rings (SSSR count). The summed E-state index contributed by atoms with van der Waals surface area (Å²) in [4.78, 5) is 23.7. The SMILES string of the molecule is CC(=O)N[C@H]1CC[C@H](C(F)(F)F)N(C(=O)C=C(C)C)C1. The molecule has 20 heavy (non-hydrogen) atoms. The highest BCUT2D eigenvalue weighted by Crippen LogP contribution is 2.32. The Morgan fingerprint density at radius 3 is 2.25 bits per heavy atom. The lowest BCUT2D eigenvalue weighted by Gasteiger charge is -2.40. The van der Waals surface area contributed by atoms with E-state index in [1.165, 1.54) is 13.0 Å². The van der Waals surface area contributed by atoms with Crippen LogP contribution in [0.3, 0.4) is 0 Å². The maximum atomic E-state index is 13.0. The Bertz CT molecular complexity index is 414. The predicted molar refractivity (Wildman–Crippen MR) is 67.8 cm³/mol. The second kappa shape index (κ2) is 6.28. The second-order valence-corrected chi connectivity index (χ2v) is 5.24. The topological polar surface area (TPSA) is 49.4 Å². The third kappa shape index (κ3) is 4.54. The quantitative estimate of drug-likeness (QED) is 0.792. The van der Waals surface area contributed by atoms with Gasteiger partial charge in [0.15, 0.2) is 0 Å². The first-order valence-corrected chi connectivity index (χ1v) is 6.40. The van der Waals surface area contributed by atoms with Crippen molar-refractivity contribution in [2.24, 2.45) is 0 Å². The Morgan fingerprint density at radius 1 is 1.20 bits per heavy atom. The van der Waals surface area contributed by atoms with Gasteiger partial charge in [0.2, 0.25) is 11.8 Å². The highest BCUT2D eigenvalue weighted by Gasteiger charge is 2.47. The van der Waals surface area contributed by atoms with Crippen molar-refractivity contribution in [2.45, 2.75) is 51.9 Å². The summed E-state index contributed by atoms with van der Waals surface area (Å²) in [5.41, 5.74) is 0.637. The summed E-state index contributed by atoms with van der Waals surface area (Å²) < 4.78 is 38.9. The van der Waals surface area contributed by atoms with Gasteiger partial charge in [-0.15, -0.1) is 0 Å². The Balaban J connectivity index is 2.91. The fourth-order valence-corrected chi connectivity index (χ4v) is 2.29. The van der Waals surface area contributed by atoms with Crippen molar-refractivity contribution >= 4 is 11.8 Å². The molecule has 1 fully saturated rings. The summed E-state index contributed by atoms with van der Waals surface area (Å²) in [5.74, 6) is -0.975. The van der Waals surface area contributed by atoms with Gasteiger partial charge in [-0.05, 0) is 26.7 Å². The summed E-state index contributed by atoms with van der Waals surface area (Å²) in [5, 5.41) is 2.57. The van der Waals surface area contributed by atoms with Gasteiger partial charge in [-0.2, -0.15) is 13.2 Å². The monoisotopic (exact) mass is 292 g/mol. The van der Waals surface area contributed by atoms with Gasteiger partial charge in [0.1, 0.15) is 6.04 Å². The lowest BCUT2D eigenvalue weighted by Crippen LogP contribution is -2.57. The van der Waals surface area contributed by atoms with Crippen molar-refractivity contribution in [1.29, 1.82) is 0 Å². The van der Waals surface area contributed by atoms with E-state index >= 15 is 0 Å². The van der Waals surface area contributed by atoms with Gasteiger partial charge in [-0.25, -0.2) is 0 Å². The molecular weight excluding hydrogens is 273 g/mol. The maximum absolute atomic E-state index is 13.0. The molecule has 114 valence electrons. The van der Waals surface area contributed by atoms with Crippen LogP contribution in [0.4, 0.5) is 13.2 Å². The Hall–Kier alpha value is -1.53. The van der Waals surface area contributed by atoms with Crippen LogP contribution >= 0.6 is 0 Å². The summed E-state index contributed by atoms with van der Waals surface area (Å²) >= 11 is 0. The molecule has 0 aromatic heterocycles. The van der Waals surface area contributed by atoms with Crippen LogP contribution in [0.25, 0.3) is 0 Å². The number of alkyl halides is 3. The van der Waals surface area contributed by atoms with E-state index in [-0.39, 0.29) is 25.3 Å². The zero-order valence-electron chi connectivity index (χ0n) is 11.8. The van der Waals surface area contributed by atoms with Crippen LogP contribution in [-0.4, -0.2) is 41.5 Å². The average molecular weight is 292 g/mol. The summed E-state index contributed by atoms with van der Waals surface area (Å²) in [6.45, 7) is 4.48. The molecule has 0 saturated carbocycles. The van der Waals surface area contributed by atoms with Crippen LogP contribution in [0.5, 0.6) is 0 Å². The fourth-order valence-electron chi connectivity index (χ4n) is 2.29. The van der Waals surface area contributed by atoms with Crippen LogP contribution in [0.1, 0.15) is 33.6 Å². The van der Waals surface area contributed by atoms with Gasteiger partial charge in [-0.1, -0.05) is 5.57 Å².